The second-order valence-electron chi connectivity index (χ2n) is 4.13. The molecular weight excluding hydrogens is 312 g/mol. The quantitative estimate of drug-likeness (QED) is 0.423. The predicted octanol–water partition coefficient (Wildman–Crippen LogP) is 3.56. The number of nitrogens with zero attached hydrogens (tertiary/aromatic N) is 2. The standard InChI is InChI=1S/C13H7BrN2O3/c14-7-1-3-9-10-4-2-8(16(18)19)6-12(10)13(15-17)11(9)5-7/h1-6,17H/b15-13-. The third-order valence-electron chi connectivity index (χ3n) is 3.10. The van der Waals surface area contributed by atoms with Crippen LogP contribution in [0.2, 0.25) is 0 Å². The Kier molecular flexibility index (Phi) is 2.60. The number of halogens is 1. The molecule has 0 saturated carbocycles. The van der Waals surface area contributed by atoms with Crippen LogP contribution in [0.5, 0.6) is 0 Å². The van der Waals surface area contributed by atoms with Gasteiger partial charge in [-0.15, -0.1) is 0 Å². The zero-order valence-corrected chi connectivity index (χ0v) is 11.1. The van der Waals surface area contributed by atoms with Gasteiger partial charge in [0.15, 0.2) is 0 Å². The van der Waals surface area contributed by atoms with Gasteiger partial charge in [-0.3, -0.25) is 10.1 Å². The van der Waals surface area contributed by atoms with Gasteiger partial charge < -0.3 is 5.21 Å². The van der Waals surface area contributed by atoms with E-state index in [2.05, 4.69) is 21.1 Å². The maximum absolute atomic E-state index is 10.8. The number of non-ortho nitro benzene ring substituents is 1. The number of oxime groups is 1. The molecule has 1 aliphatic rings. The normalized spacial score (nSPS) is 14.3. The molecule has 0 atom stereocenters. The van der Waals surface area contributed by atoms with Crippen LogP contribution in [0.4, 0.5) is 5.69 Å². The smallest absolute Gasteiger partial charge is 0.270 e. The van der Waals surface area contributed by atoms with E-state index in [0.717, 1.165) is 21.2 Å². The van der Waals surface area contributed by atoms with Crippen LogP contribution in [0, 0.1) is 10.1 Å². The maximum atomic E-state index is 10.8. The zero-order valence-electron chi connectivity index (χ0n) is 9.50. The molecule has 0 fully saturated rings. The lowest BCUT2D eigenvalue weighted by molar-refractivity contribution is -0.384. The molecule has 1 N–H and O–H groups in total. The molecule has 1 aliphatic carbocycles. The molecule has 2 aromatic carbocycles. The molecule has 94 valence electrons. The van der Waals surface area contributed by atoms with Crippen molar-refractivity contribution in [1.82, 2.24) is 0 Å². The van der Waals surface area contributed by atoms with Gasteiger partial charge in [0.25, 0.3) is 5.69 Å². The topological polar surface area (TPSA) is 75.7 Å². The van der Waals surface area contributed by atoms with Gasteiger partial charge in [-0.25, -0.2) is 0 Å². The van der Waals surface area contributed by atoms with Gasteiger partial charge in [-0.05, 0) is 29.3 Å². The Morgan fingerprint density at radius 1 is 1.05 bits per heavy atom. The van der Waals surface area contributed by atoms with Crippen LogP contribution in [0.1, 0.15) is 11.1 Å². The molecule has 0 saturated heterocycles. The van der Waals surface area contributed by atoms with Gasteiger partial charge in [-0.1, -0.05) is 27.2 Å². The third-order valence-corrected chi connectivity index (χ3v) is 3.59. The summed E-state index contributed by atoms with van der Waals surface area (Å²) in [4.78, 5) is 10.4. The van der Waals surface area contributed by atoms with Gasteiger partial charge in [0, 0.05) is 27.7 Å². The fraction of sp³-hybridized carbons (Fsp3) is 0. The minimum Gasteiger partial charge on any atom is -0.410 e. The highest BCUT2D eigenvalue weighted by Crippen LogP contribution is 2.39. The Morgan fingerprint density at radius 2 is 1.68 bits per heavy atom. The van der Waals surface area contributed by atoms with Crippen molar-refractivity contribution in [1.29, 1.82) is 0 Å². The lowest BCUT2D eigenvalue weighted by Crippen LogP contribution is -1.99. The highest BCUT2D eigenvalue weighted by Gasteiger charge is 2.27. The zero-order chi connectivity index (χ0) is 13.6. The molecule has 0 aliphatic heterocycles. The number of hydrogen-bond donors (Lipinski definition) is 1. The van der Waals surface area contributed by atoms with E-state index in [9.17, 15) is 15.3 Å². The second kappa shape index (κ2) is 4.17. The predicted molar refractivity (Wildman–Crippen MR) is 73.7 cm³/mol. The van der Waals surface area contributed by atoms with Crippen molar-refractivity contribution >= 4 is 27.3 Å². The minimum atomic E-state index is -0.464. The molecule has 5 nitrogen and oxygen atoms in total. The van der Waals surface area contributed by atoms with Crippen LogP contribution in [-0.2, 0) is 0 Å². The fourth-order valence-electron chi connectivity index (χ4n) is 2.28. The lowest BCUT2D eigenvalue weighted by Gasteiger charge is -1.99. The Balaban J connectivity index is 2.30. The van der Waals surface area contributed by atoms with Crippen LogP contribution in [0.3, 0.4) is 0 Å². The molecule has 19 heavy (non-hydrogen) atoms. The average molecular weight is 319 g/mol. The van der Waals surface area contributed by atoms with E-state index in [4.69, 9.17) is 0 Å². The van der Waals surface area contributed by atoms with Crippen molar-refractivity contribution in [3.05, 3.63) is 62.1 Å². The van der Waals surface area contributed by atoms with Crippen molar-refractivity contribution in [2.24, 2.45) is 5.16 Å². The second-order valence-corrected chi connectivity index (χ2v) is 5.04. The van der Waals surface area contributed by atoms with Crippen molar-refractivity contribution in [3.63, 3.8) is 0 Å². The molecule has 0 aromatic heterocycles. The number of hydrogen-bond acceptors (Lipinski definition) is 4. The van der Waals surface area contributed by atoms with Gasteiger partial charge >= 0.3 is 0 Å². The summed E-state index contributed by atoms with van der Waals surface area (Å²) in [5, 5.41) is 23.3. The lowest BCUT2D eigenvalue weighted by atomic mass is 10.1. The highest BCUT2D eigenvalue weighted by molar-refractivity contribution is 9.10. The molecule has 6 heteroatoms. The number of nitro benzene ring substituents is 1. The number of fused-ring (bicyclic) bond motifs is 3. The van der Waals surface area contributed by atoms with Crippen LogP contribution in [0.15, 0.2) is 46.0 Å². The summed E-state index contributed by atoms with van der Waals surface area (Å²) in [6, 6.07) is 10.2. The van der Waals surface area contributed by atoms with Crippen molar-refractivity contribution in [2.75, 3.05) is 0 Å². The Morgan fingerprint density at radius 3 is 2.32 bits per heavy atom. The van der Waals surface area contributed by atoms with Crippen LogP contribution in [0.25, 0.3) is 11.1 Å². The van der Waals surface area contributed by atoms with Gasteiger partial charge in [-0.2, -0.15) is 0 Å². The molecule has 3 rings (SSSR count). The molecule has 0 bridgehead atoms. The number of nitro groups is 1. The van der Waals surface area contributed by atoms with E-state index in [1.807, 2.05) is 18.2 Å². The van der Waals surface area contributed by atoms with Crippen molar-refractivity contribution < 1.29 is 10.1 Å². The van der Waals surface area contributed by atoms with E-state index in [1.54, 1.807) is 6.07 Å². The van der Waals surface area contributed by atoms with Crippen LogP contribution in [-0.4, -0.2) is 15.8 Å². The first-order valence-corrected chi connectivity index (χ1v) is 6.22. The number of rotatable bonds is 1. The van der Waals surface area contributed by atoms with E-state index < -0.39 is 4.92 Å². The van der Waals surface area contributed by atoms with Crippen LogP contribution < -0.4 is 0 Å². The first kappa shape index (κ1) is 11.9. The average Bonchev–Trinajstić information content (AvgIpc) is 2.70. The molecule has 0 amide bonds. The van der Waals surface area contributed by atoms with Crippen LogP contribution >= 0.6 is 15.9 Å². The summed E-state index contributed by atoms with van der Waals surface area (Å²) >= 11 is 3.36. The summed E-state index contributed by atoms with van der Waals surface area (Å²) < 4.78 is 0.856. The Hall–Kier alpha value is -2.21. The maximum Gasteiger partial charge on any atom is 0.270 e. The fourth-order valence-corrected chi connectivity index (χ4v) is 2.64. The van der Waals surface area contributed by atoms with Gasteiger partial charge in [0.05, 0.1) is 4.92 Å². The summed E-state index contributed by atoms with van der Waals surface area (Å²) in [6.07, 6.45) is 0. The minimum absolute atomic E-state index is 0.0215. The first-order valence-electron chi connectivity index (χ1n) is 5.43. The van der Waals surface area contributed by atoms with Crippen molar-refractivity contribution in [3.8, 4) is 11.1 Å². The van der Waals surface area contributed by atoms with Gasteiger partial charge in [0.2, 0.25) is 0 Å². The Labute approximate surface area is 116 Å². The monoisotopic (exact) mass is 318 g/mol. The molecule has 2 aromatic rings. The number of benzene rings is 2. The van der Waals surface area contributed by atoms with Gasteiger partial charge in [0.1, 0.15) is 5.71 Å². The van der Waals surface area contributed by atoms with E-state index in [0.29, 0.717) is 11.3 Å². The summed E-state index contributed by atoms with van der Waals surface area (Å²) in [5.74, 6) is 0. The summed E-state index contributed by atoms with van der Waals surface area (Å²) in [7, 11) is 0. The van der Waals surface area contributed by atoms with E-state index >= 15 is 0 Å². The molecule has 0 radical (unpaired) electrons. The SMILES string of the molecule is O=[N+]([O-])c1ccc2c(c1)/C(=N\O)c1cc(Br)ccc1-2. The molecular formula is C13H7BrN2O3. The van der Waals surface area contributed by atoms with E-state index in [1.165, 1.54) is 12.1 Å². The largest absolute Gasteiger partial charge is 0.410 e. The molecule has 0 spiro atoms. The summed E-state index contributed by atoms with van der Waals surface area (Å²) in [6.45, 7) is 0. The first-order chi connectivity index (χ1) is 9.11. The van der Waals surface area contributed by atoms with E-state index in [-0.39, 0.29) is 5.69 Å². The summed E-state index contributed by atoms with van der Waals surface area (Å²) in [5.41, 5.74) is 3.40. The Bertz CT molecular complexity index is 741. The third kappa shape index (κ3) is 1.72. The van der Waals surface area contributed by atoms with Crippen molar-refractivity contribution in [2.45, 2.75) is 0 Å². The highest BCUT2D eigenvalue weighted by atomic mass is 79.9. The molecule has 0 unspecified atom stereocenters. The molecule has 0 heterocycles.